The Balaban J connectivity index is 0.00000364. The van der Waals surface area contributed by atoms with Crippen LogP contribution in [-0.4, -0.2) is 55.8 Å². The second-order valence-corrected chi connectivity index (χ2v) is 7.66. The molecule has 0 aromatic carbocycles. The number of hydrogen-bond acceptors (Lipinski definition) is 2. The molecule has 0 radical (unpaired) electrons. The van der Waals surface area contributed by atoms with E-state index in [0.29, 0.717) is 12.8 Å². The van der Waals surface area contributed by atoms with E-state index in [2.05, 4.69) is 27.4 Å². The number of piperidine rings is 1. The zero-order valence-electron chi connectivity index (χ0n) is 16.7. The normalized spacial score (nSPS) is 25.7. The summed E-state index contributed by atoms with van der Waals surface area (Å²) in [4.78, 5) is 7.16. The van der Waals surface area contributed by atoms with Gasteiger partial charge >= 0.3 is 6.18 Å². The van der Waals surface area contributed by atoms with Crippen LogP contribution in [-0.2, 0) is 0 Å². The van der Waals surface area contributed by atoms with E-state index in [1.807, 2.05) is 6.92 Å². The molecule has 2 N–H and O–H groups in total. The van der Waals surface area contributed by atoms with E-state index in [0.717, 1.165) is 37.9 Å². The standard InChI is InChI=1S/C19H35F3N4.HI/c1-3-23-18(24-12-9-15-10-13-26(4-2)14-11-15)25-17-7-5-16(6-8-17)19(20,21)22;/h15-17H,3-14H2,1-2H3,(H2,23,24,25);1H. The second-order valence-electron chi connectivity index (χ2n) is 7.66. The highest BCUT2D eigenvalue weighted by Crippen LogP contribution is 2.37. The van der Waals surface area contributed by atoms with Gasteiger partial charge in [-0.2, -0.15) is 13.2 Å². The van der Waals surface area contributed by atoms with Crippen molar-refractivity contribution in [1.82, 2.24) is 15.5 Å². The molecule has 160 valence electrons. The number of nitrogens with one attached hydrogen (secondary N) is 2. The van der Waals surface area contributed by atoms with Gasteiger partial charge in [-0.25, -0.2) is 0 Å². The zero-order valence-corrected chi connectivity index (χ0v) is 19.0. The number of halogens is 4. The fourth-order valence-electron chi connectivity index (χ4n) is 4.03. The molecule has 2 fully saturated rings. The minimum atomic E-state index is -4.04. The monoisotopic (exact) mass is 504 g/mol. The van der Waals surface area contributed by atoms with Gasteiger partial charge in [-0.05, 0) is 77.4 Å². The van der Waals surface area contributed by atoms with Crippen LogP contribution in [0.1, 0.15) is 58.8 Å². The summed E-state index contributed by atoms with van der Waals surface area (Å²) in [6.07, 6.45) is 1.09. The minimum Gasteiger partial charge on any atom is -0.357 e. The van der Waals surface area contributed by atoms with Gasteiger partial charge in [-0.1, -0.05) is 6.92 Å². The summed E-state index contributed by atoms with van der Waals surface area (Å²) < 4.78 is 38.3. The number of aliphatic imine (C=N–C) groups is 1. The molecule has 0 aromatic rings. The molecule has 27 heavy (non-hydrogen) atoms. The molecule has 0 unspecified atom stereocenters. The molecule has 0 amide bonds. The molecular formula is C19H36F3IN4. The summed E-state index contributed by atoms with van der Waals surface area (Å²) in [5, 5.41) is 6.58. The lowest BCUT2D eigenvalue weighted by Gasteiger charge is -2.31. The smallest absolute Gasteiger partial charge is 0.357 e. The Labute approximate surface area is 179 Å². The van der Waals surface area contributed by atoms with Gasteiger partial charge in [0.2, 0.25) is 0 Å². The second kappa shape index (κ2) is 12.3. The first kappa shape index (κ1) is 24.8. The molecule has 1 aliphatic carbocycles. The SMILES string of the molecule is CCNC(=NCCC1CCN(CC)CC1)NC1CCC(C(F)(F)F)CC1.I. The molecular weight excluding hydrogens is 468 g/mol. The van der Waals surface area contributed by atoms with Gasteiger partial charge in [0.1, 0.15) is 0 Å². The van der Waals surface area contributed by atoms with E-state index in [-0.39, 0.29) is 42.9 Å². The highest BCUT2D eigenvalue weighted by molar-refractivity contribution is 14.0. The van der Waals surface area contributed by atoms with Gasteiger partial charge in [-0.15, -0.1) is 24.0 Å². The van der Waals surface area contributed by atoms with Gasteiger partial charge in [0, 0.05) is 19.1 Å². The molecule has 1 saturated heterocycles. The van der Waals surface area contributed by atoms with E-state index in [4.69, 9.17) is 0 Å². The summed E-state index contributed by atoms with van der Waals surface area (Å²) in [6.45, 7) is 9.27. The zero-order chi connectivity index (χ0) is 19.0. The van der Waals surface area contributed by atoms with Crippen LogP contribution >= 0.6 is 24.0 Å². The van der Waals surface area contributed by atoms with Crippen LogP contribution in [0, 0.1) is 11.8 Å². The molecule has 2 aliphatic rings. The molecule has 0 aromatic heterocycles. The molecule has 0 spiro atoms. The van der Waals surface area contributed by atoms with Crippen molar-refractivity contribution in [3.63, 3.8) is 0 Å². The predicted molar refractivity (Wildman–Crippen MR) is 116 cm³/mol. The number of alkyl halides is 3. The van der Waals surface area contributed by atoms with Gasteiger partial charge in [0.15, 0.2) is 5.96 Å². The van der Waals surface area contributed by atoms with E-state index in [9.17, 15) is 13.2 Å². The maximum Gasteiger partial charge on any atom is 0.391 e. The average Bonchev–Trinajstić information content (AvgIpc) is 2.62. The van der Waals surface area contributed by atoms with Crippen molar-refractivity contribution in [3.8, 4) is 0 Å². The van der Waals surface area contributed by atoms with Crippen LogP contribution in [0.4, 0.5) is 13.2 Å². The Morgan fingerprint density at radius 3 is 2.19 bits per heavy atom. The molecule has 8 heteroatoms. The van der Waals surface area contributed by atoms with Crippen LogP contribution in [0.2, 0.25) is 0 Å². The number of guanidine groups is 1. The third-order valence-electron chi connectivity index (χ3n) is 5.84. The summed E-state index contributed by atoms with van der Waals surface area (Å²) in [6, 6.07) is 0.0965. The first-order chi connectivity index (χ1) is 12.4. The van der Waals surface area contributed by atoms with Crippen molar-refractivity contribution < 1.29 is 13.2 Å². The molecule has 1 aliphatic heterocycles. The molecule has 4 nitrogen and oxygen atoms in total. The van der Waals surface area contributed by atoms with Gasteiger partial charge in [-0.3, -0.25) is 4.99 Å². The third kappa shape index (κ3) is 8.75. The Morgan fingerprint density at radius 2 is 1.67 bits per heavy atom. The lowest BCUT2D eigenvalue weighted by molar-refractivity contribution is -0.182. The van der Waals surface area contributed by atoms with E-state index in [1.165, 1.54) is 25.9 Å². The fraction of sp³-hybridized carbons (Fsp3) is 0.947. The topological polar surface area (TPSA) is 39.7 Å². The van der Waals surface area contributed by atoms with Crippen LogP contribution in [0.15, 0.2) is 4.99 Å². The first-order valence-corrected chi connectivity index (χ1v) is 10.3. The largest absolute Gasteiger partial charge is 0.391 e. The minimum absolute atomic E-state index is 0. The molecule has 1 saturated carbocycles. The Bertz CT molecular complexity index is 429. The van der Waals surface area contributed by atoms with Crippen LogP contribution in [0.3, 0.4) is 0 Å². The Hall–Kier alpha value is -0.250. The van der Waals surface area contributed by atoms with Crippen LogP contribution in [0.25, 0.3) is 0 Å². The average molecular weight is 504 g/mol. The molecule has 1 heterocycles. The Morgan fingerprint density at radius 1 is 1.04 bits per heavy atom. The number of rotatable bonds is 6. The quantitative estimate of drug-likeness (QED) is 0.320. The highest BCUT2D eigenvalue weighted by atomic mass is 127. The van der Waals surface area contributed by atoms with Crippen molar-refractivity contribution in [1.29, 1.82) is 0 Å². The van der Waals surface area contributed by atoms with E-state index >= 15 is 0 Å². The fourth-order valence-corrected chi connectivity index (χ4v) is 4.03. The number of hydrogen-bond donors (Lipinski definition) is 2. The highest BCUT2D eigenvalue weighted by Gasteiger charge is 2.41. The van der Waals surface area contributed by atoms with Gasteiger partial charge in [0.25, 0.3) is 0 Å². The molecule has 0 bridgehead atoms. The lowest BCUT2D eigenvalue weighted by atomic mass is 9.85. The van der Waals surface area contributed by atoms with Crippen molar-refractivity contribution >= 4 is 29.9 Å². The van der Waals surface area contributed by atoms with E-state index < -0.39 is 12.1 Å². The maximum absolute atomic E-state index is 12.8. The first-order valence-electron chi connectivity index (χ1n) is 10.3. The molecule has 2 rings (SSSR count). The summed E-state index contributed by atoms with van der Waals surface area (Å²) in [5.41, 5.74) is 0. The van der Waals surface area contributed by atoms with Crippen molar-refractivity contribution in [2.24, 2.45) is 16.8 Å². The lowest BCUT2D eigenvalue weighted by Crippen LogP contribution is -2.46. The van der Waals surface area contributed by atoms with Crippen molar-refractivity contribution in [3.05, 3.63) is 0 Å². The summed E-state index contributed by atoms with van der Waals surface area (Å²) in [7, 11) is 0. The van der Waals surface area contributed by atoms with Crippen LogP contribution in [0.5, 0.6) is 0 Å². The maximum atomic E-state index is 12.8. The van der Waals surface area contributed by atoms with Crippen LogP contribution < -0.4 is 10.6 Å². The van der Waals surface area contributed by atoms with Crippen molar-refractivity contribution in [2.45, 2.75) is 71.0 Å². The number of nitrogens with zero attached hydrogens (tertiary/aromatic N) is 2. The summed E-state index contributed by atoms with van der Waals surface area (Å²) in [5.74, 6) is 0.370. The summed E-state index contributed by atoms with van der Waals surface area (Å²) >= 11 is 0. The van der Waals surface area contributed by atoms with Crippen molar-refractivity contribution in [2.75, 3.05) is 32.7 Å². The van der Waals surface area contributed by atoms with E-state index in [1.54, 1.807) is 0 Å². The third-order valence-corrected chi connectivity index (χ3v) is 5.84. The number of likely N-dealkylation sites (tertiary alicyclic amines) is 1. The Kier molecular flexibility index (Phi) is 11.3. The van der Waals surface area contributed by atoms with Gasteiger partial charge < -0.3 is 15.5 Å². The van der Waals surface area contributed by atoms with Gasteiger partial charge in [0.05, 0.1) is 5.92 Å². The predicted octanol–water partition coefficient (Wildman–Crippen LogP) is 4.40. The molecule has 0 atom stereocenters.